The predicted molar refractivity (Wildman–Crippen MR) is 88.4 cm³/mol. The maximum Gasteiger partial charge on any atom is 0.297 e. The van der Waals surface area contributed by atoms with E-state index in [0.717, 1.165) is 5.56 Å². The Morgan fingerprint density at radius 2 is 1.91 bits per heavy atom. The van der Waals surface area contributed by atoms with Crippen molar-refractivity contribution in [3.05, 3.63) is 39.7 Å². The predicted octanol–water partition coefficient (Wildman–Crippen LogP) is 2.83. The van der Waals surface area contributed by atoms with E-state index < -0.39 is 11.7 Å². The number of hydrogen-bond donors (Lipinski definition) is 1. The molecule has 0 saturated heterocycles. The van der Waals surface area contributed by atoms with Gasteiger partial charge in [0.25, 0.3) is 11.7 Å². The second-order valence-electron chi connectivity index (χ2n) is 5.25. The monoisotopic (exact) mass is 335 g/mol. The van der Waals surface area contributed by atoms with Gasteiger partial charge in [-0.25, -0.2) is 0 Å². The molecule has 0 aliphatic carbocycles. The molecule has 2 rings (SSSR count). The third-order valence-electron chi connectivity index (χ3n) is 3.67. The van der Waals surface area contributed by atoms with Crippen LogP contribution in [0.3, 0.4) is 0 Å². The number of halogens is 1. The number of ether oxygens (including phenoxy) is 1. The lowest BCUT2D eigenvalue weighted by Crippen LogP contribution is -2.24. The fourth-order valence-electron chi connectivity index (χ4n) is 2.32. The van der Waals surface area contributed by atoms with Crippen LogP contribution in [0.4, 0.5) is 5.69 Å². The summed E-state index contributed by atoms with van der Waals surface area (Å²) in [5, 5.41) is 7.26. The van der Waals surface area contributed by atoms with Crippen LogP contribution >= 0.6 is 11.6 Å². The van der Waals surface area contributed by atoms with Crippen molar-refractivity contribution in [1.82, 2.24) is 9.78 Å². The Hall–Kier alpha value is -2.34. The first-order valence-corrected chi connectivity index (χ1v) is 7.34. The van der Waals surface area contributed by atoms with Gasteiger partial charge in [-0.2, -0.15) is 5.10 Å². The lowest BCUT2D eigenvalue weighted by atomic mass is 10.1. The zero-order valence-corrected chi connectivity index (χ0v) is 14.4. The number of ketones is 1. The number of benzene rings is 1. The van der Waals surface area contributed by atoms with Gasteiger partial charge in [0.1, 0.15) is 5.75 Å². The lowest BCUT2D eigenvalue weighted by Gasteiger charge is -2.12. The molecule has 7 heteroatoms. The molecule has 0 bridgehead atoms. The van der Waals surface area contributed by atoms with E-state index in [4.69, 9.17) is 16.3 Å². The third kappa shape index (κ3) is 3.22. The van der Waals surface area contributed by atoms with E-state index in [-0.39, 0.29) is 0 Å². The Bertz CT molecular complexity index is 796. The first kappa shape index (κ1) is 17.0. The molecule has 0 radical (unpaired) electrons. The fraction of sp³-hybridized carbons (Fsp3) is 0.312. The number of hydrogen-bond acceptors (Lipinski definition) is 4. The Morgan fingerprint density at radius 3 is 2.43 bits per heavy atom. The number of aryl methyl sites for hydroxylation is 3. The zero-order valence-electron chi connectivity index (χ0n) is 13.7. The van der Waals surface area contributed by atoms with Crippen LogP contribution in [0.5, 0.6) is 5.75 Å². The summed E-state index contributed by atoms with van der Waals surface area (Å²) in [6.07, 6.45) is 0. The maximum absolute atomic E-state index is 12.4. The number of aromatic nitrogens is 2. The molecule has 23 heavy (non-hydrogen) atoms. The van der Waals surface area contributed by atoms with Gasteiger partial charge in [-0.3, -0.25) is 14.3 Å². The number of carbonyl (C=O) groups is 2. The number of rotatable bonds is 4. The van der Waals surface area contributed by atoms with Gasteiger partial charge in [0, 0.05) is 23.8 Å². The van der Waals surface area contributed by atoms with Crippen LogP contribution < -0.4 is 10.1 Å². The molecule has 1 amide bonds. The van der Waals surface area contributed by atoms with Gasteiger partial charge >= 0.3 is 0 Å². The van der Waals surface area contributed by atoms with Crippen LogP contribution in [0.2, 0.25) is 5.02 Å². The van der Waals surface area contributed by atoms with Crippen molar-refractivity contribution >= 4 is 29.0 Å². The average Bonchev–Trinajstić information content (AvgIpc) is 2.74. The minimum absolute atomic E-state index is 0.314. The fourth-order valence-corrected chi connectivity index (χ4v) is 2.48. The average molecular weight is 336 g/mol. The van der Waals surface area contributed by atoms with Gasteiger partial charge < -0.3 is 10.1 Å². The van der Waals surface area contributed by atoms with E-state index in [9.17, 15) is 9.59 Å². The summed E-state index contributed by atoms with van der Waals surface area (Å²) >= 11 is 6.03. The van der Waals surface area contributed by atoms with Crippen molar-refractivity contribution in [3.63, 3.8) is 0 Å². The molecule has 0 fully saturated rings. The Morgan fingerprint density at radius 1 is 1.26 bits per heavy atom. The highest BCUT2D eigenvalue weighted by atomic mass is 35.5. The van der Waals surface area contributed by atoms with E-state index in [2.05, 4.69) is 10.4 Å². The number of anilines is 1. The van der Waals surface area contributed by atoms with Crippen molar-refractivity contribution in [2.75, 3.05) is 12.4 Å². The van der Waals surface area contributed by atoms with Gasteiger partial charge in [-0.1, -0.05) is 11.6 Å². The SMILES string of the molecule is COc1cc(Cl)c(C)cc1NC(=O)C(=O)c1c(C)nn(C)c1C. The molecule has 2 aromatic rings. The highest BCUT2D eigenvalue weighted by Gasteiger charge is 2.24. The summed E-state index contributed by atoms with van der Waals surface area (Å²) in [5.74, 6) is -0.992. The molecule has 0 saturated carbocycles. The number of carbonyl (C=O) groups excluding carboxylic acids is 2. The number of nitrogens with one attached hydrogen (secondary N) is 1. The highest BCUT2D eigenvalue weighted by molar-refractivity contribution is 6.47. The topological polar surface area (TPSA) is 73.2 Å². The lowest BCUT2D eigenvalue weighted by molar-refractivity contribution is -0.112. The summed E-state index contributed by atoms with van der Waals surface area (Å²) in [6, 6.07) is 3.26. The Balaban J connectivity index is 2.32. The van der Waals surface area contributed by atoms with Crippen molar-refractivity contribution in [2.24, 2.45) is 7.05 Å². The molecule has 1 aromatic heterocycles. The van der Waals surface area contributed by atoms with Gasteiger partial charge in [0.15, 0.2) is 0 Å². The van der Waals surface area contributed by atoms with E-state index in [1.54, 1.807) is 44.6 Å². The largest absolute Gasteiger partial charge is 0.495 e. The van der Waals surface area contributed by atoms with Crippen LogP contribution in [0.25, 0.3) is 0 Å². The van der Waals surface area contributed by atoms with Gasteiger partial charge in [-0.05, 0) is 32.4 Å². The summed E-state index contributed by atoms with van der Waals surface area (Å²) in [4.78, 5) is 24.7. The normalized spacial score (nSPS) is 10.5. The number of nitrogens with zero attached hydrogens (tertiary/aromatic N) is 2. The summed E-state index contributed by atoms with van der Waals surface area (Å²) in [6.45, 7) is 5.24. The van der Waals surface area contributed by atoms with E-state index in [1.807, 2.05) is 0 Å². The first-order chi connectivity index (χ1) is 10.8. The third-order valence-corrected chi connectivity index (χ3v) is 4.08. The number of amides is 1. The van der Waals surface area contributed by atoms with Gasteiger partial charge in [-0.15, -0.1) is 0 Å². The maximum atomic E-state index is 12.4. The van der Waals surface area contributed by atoms with Gasteiger partial charge in [0.2, 0.25) is 0 Å². The molecule has 1 aromatic carbocycles. The molecule has 0 atom stereocenters. The molecule has 0 unspecified atom stereocenters. The molecule has 0 spiro atoms. The molecule has 6 nitrogen and oxygen atoms in total. The molecule has 0 aliphatic rings. The summed E-state index contributed by atoms with van der Waals surface area (Å²) in [5.41, 5.74) is 2.64. The van der Waals surface area contributed by atoms with Crippen molar-refractivity contribution < 1.29 is 14.3 Å². The van der Waals surface area contributed by atoms with Crippen LogP contribution in [-0.4, -0.2) is 28.6 Å². The smallest absolute Gasteiger partial charge is 0.297 e. The first-order valence-electron chi connectivity index (χ1n) is 6.96. The number of Topliss-reactive ketones (excluding diaryl/α,β-unsaturated/α-hetero) is 1. The zero-order chi connectivity index (χ0) is 17.3. The highest BCUT2D eigenvalue weighted by Crippen LogP contribution is 2.31. The minimum atomic E-state index is -0.746. The van der Waals surface area contributed by atoms with Crippen LogP contribution in [0.15, 0.2) is 12.1 Å². The molecule has 122 valence electrons. The van der Waals surface area contributed by atoms with Gasteiger partial charge in [0.05, 0.1) is 24.1 Å². The van der Waals surface area contributed by atoms with Crippen molar-refractivity contribution in [3.8, 4) is 5.75 Å². The second-order valence-corrected chi connectivity index (χ2v) is 5.66. The summed E-state index contributed by atoms with van der Waals surface area (Å²) in [7, 11) is 3.19. The Labute approximate surface area is 139 Å². The van der Waals surface area contributed by atoms with Crippen molar-refractivity contribution in [2.45, 2.75) is 20.8 Å². The molecule has 1 heterocycles. The molecular formula is C16H18ClN3O3. The minimum Gasteiger partial charge on any atom is -0.495 e. The molecular weight excluding hydrogens is 318 g/mol. The van der Waals surface area contributed by atoms with Crippen LogP contribution in [0.1, 0.15) is 27.3 Å². The standard InChI is InChI=1S/C16H18ClN3O3/c1-8-6-12(13(23-5)7-11(8)17)18-16(22)15(21)14-9(2)19-20(4)10(14)3/h6-7H,1-5H3,(H,18,22). The van der Waals surface area contributed by atoms with E-state index in [1.165, 1.54) is 7.11 Å². The van der Waals surface area contributed by atoms with E-state index >= 15 is 0 Å². The number of methoxy groups -OCH3 is 1. The Kier molecular flexibility index (Phi) is 4.75. The molecule has 0 aliphatic heterocycles. The van der Waals surface area contributed by atoms with Crippen LogP contribution in [0, 0.1) is 20.8 Å². The van der Waals surface area contributed by atoms with Crippen LogP contribution in [-0.2, 0) is 11.8 Å². The quantitative estimate of drug-likeness (QED) is 0.688. The van der Waals surface area contributed by atoms with Crippen molar-refractivity contribution in [1.29, 1.82) is 0 Å². The molecule has 1 N–H and O–H groups in total. The summed E-state index contributed by atoms with van der Waals surface area (Å²) < 4.78 is 6.76. The van der Waals surface area contributed by atoms with E-state index in [0.29, 0.717) is 33.4 Å². The second kappa shape index (κ2) is 6.42.